The molecule has 1 atom stereocenters. The van der Waals surface area contributed by atoms with E-state index in [4.69, 9.17) is 27.9 Å². The highest BCUT2D eigenvalue weighted by molar-refractivity contribution is 6.39. The molecule has 0 saturated carbocycles. The van der Waals surface area contributed by atoms with Gasteiger partial charge in [-0.25, -0.2) is 9.18 Å². The molecule has 7 heteroatoms. The first-order valence-corrected chi connectivity index (χ1v) is 6.89. The van der Waals surface area contributed by atoms with Crippen LogP contribution in [0.1, 0.15) is 6.92 Å². The summed E-state index contributed by atoms with van der Waals surface area (Å²) < 4.78 is 17.5. The van der Waals surface area contributed by atoms with Crippen LogP contribution >= 0.6 is 23.2 Å². The van der Waals surface area contributed by atoms with Crippen molar-refractivity contribution in [2.45, 2.75) is 11.9 Å². The zero-order chi connectivity index (χ0) is 14.8. The SMILES string of the molecule is CC1(Cl)NC=C(CN(CCF)C2=CC(=O)OC2)C=C1Cl. The van der Waals surface area contributed by atoms with Crippen LogP contribution in [0.3, 0.4) is 0 Å². The van der Waals surface area contributed by atoms with Crippen LogP contribution in [-0.4, -0.2) is 42.2 Å². The highest BCUT2D eigenvalue weighted by Gasteiger charge is 2.27. The molecule has 2 heterocycles. The molecule has 110 valence electrons. The molecule has 0 saturated heterocycles. The van der Waals surface area contributed by atoms with Crippen LogP contribution in [-0.2, 0) is 9.53 Å². The fourth-order valence-corrected chi connectivity index (χ4v) is 2.23. The van der Waals surface area contributed by atoms with Gasteiger partial charge in [0.25, 0.3) is 0 Å². The van der Waals surface area contributed by atoms with Crippen molar-refractivity contribution in [3.8, 4) is 0 Å². The lowest BCUT2D eigenvalue weighted by Crippen LogP contribution is -2.37. The van der Waals surface area contributed by atoms with E-state index in [1.54, 1.807) is 24.1 Å². The molecule has 0 bridgehead atoms. The monoisotopic (exact) mass is 320 g/mol. The normalized spacial score (nSPS) is 25.4. The van der Waals surface area contributed by atoms with E-state index in [9.17, 15) is 9.18 Å². The predicted octanol–water partition coefficient (Wildman–Crippen LogP) is 2.26. The molecule has 0 aliphatic carbocycles. The zero-order valence-corrected chi connectivity index (χ0v) is 12.5. The van der Waals surface area contributed by atoms with Gasteiger partial charge in [0.1, 0.15) is 18.3 Å². The van der Waals surface area contributed by atoms with Crippen LogP contribution < -0.4 is 5.32 Å². The molecule has 2 rings (SSSR count). The number of rotatable bonds is 5. The molecule has 1 N–H and O–H groups in total. The summed E-state index contributed by atoms with van der Waals surface area (Å²) in [6.45, 7) is 2.00. The van der Waals surface area contributed by atoms with E-state index in [2.05, 4.69) is 5.32 Å². The van der Waals surface area contributed by atoms with Crippen LogP contribution in [0.5, 0.6) is 0 Å². The second-order valence-electron chi connectivity index (χ2n) is 4.71. The fraction of sp³-hybridized carbons (Fsp3) is 0.462. The van der Waals surface area contributed by atoms with Gasteiger partial charge < -0.3 is 15.0 Å². The molecule has 2 aliphatic rings. The third-order valence-corrected chi connectivity index (χ3v) is 3.97. The standard InChI is InChI=1S/C13H15Cl2FN2O2/c1-13(15)11(14)4-9(6-17-13)7-18(3-2-16)10-5-12(19)20-8-10/h4-6,17H,2-3,7-8H2,1H3. The molecule has 0 aromatic heterocycles. The van der Waals surface area contributed by atoms with E-state index in [0.717, 1.165) is 5.57 Å². The summed E-state index contributed by atoms with van der Waals surface area (Å²) in [6.07, 6.45) is 4.86. The van der Waals surface area contributed by atoms with Crippen molar-refractivity contribution in [3.63, 3.8) is 0 Å². The molecule has 0 fully saturated rings. The largest absolute Gasteiger partial charge is 0.456 e. The van der Waals surface area contributed by atoms with Gasteiger partial charge in [0.15, 0.2) is 0 Å². The summed E-state index contributed by atoms with van der Waals surface area (Å²) in [4.78, 5) is 12.0. The molecular weight excluding hydrogens is 306 g/mol. The first kappa shape index (κ1) is 15.2. The molecule has 0 spiro atoms. The number of halogens is 3. The van der Waals surface area contributed by atoms with Gasteiger partial charge in [-0.15, -0.1) is 0 Å². The molecule has 0 amide bonds. The summed E-state index contributed by atoms with van der Waals surface area (Å²) in [6, 6.07) is 0. The van der Waals surface area contributed by atoms with Gasteiger partial charge in [0.2, 0.25) is 0 Å². The number of carbonyl (C=O) groups is 1. The number of hydrogen-bond acceptors (Lipinski definition) is 4. The van der Waals surface area contributed by atoms with Crippen molar-refractivity contribution in [1.29, 1.82) is 0 Å². The summed E-state index contributed by atoms with van der Waals surface area (Å²) in [5.41, 5.74) is 1.51. The van der Waals surface area contributed by atoms with Crippen LogP contribution in [0, 0.1) is 0 Å². The average molecular weight is 321 g/mol. The van der Waals surface area contributed by atoms with Crippen molar-refractivity contribution >= 4 is 29.2 Å². The Bertz CT molecular complexity index is 501. The Morgan fingerprint density at radius 3 is 2.85 bits per heavy atom. The molecule has 0 radical (unpaired) electrons. The van der Waals surface area contributed by atoms with E-state index in [1.165, 1.54) is 6.08 Å². The van der Waals surface area contributed by atoms with Crippen molar-refractivity contribution in [2.75, 3.05) is 26.4 Å². The van der Waals surface area contributed by atoms with E-state index < -0.39 is 17.6 Å². The molecule has 4 nitrogen and oxygen atoms in total. The number of alkyl halides is 2. The van der Waals surface area contributed by atoms with Crippen LogP contribution in [0.2, 0.25) is 0 Å². The van der Waals surface area contributed by atoms with Crippen molar-refractivity contribution < 1.29 is 13.9 Å². The van der Waals surface area contributed by atoms with Gasteiger partial charge in [-0.2, -0.15) is 0 Å². The third-order valence-electron chi connectivity index (χ3n) is 3.07. The van der Waals surface area contributed by atoms with Crippen LogP contribution in [0.4, 0.5) is 4.39 Å². The van der Waals surface area contributed by atoms with Gasteiger partial charge in [-0.3, -0.25) is 0 Å². The van der Waals surface area contributed by atoms with Crippen molar-refractivity contribution in [3.05, 3.63) is 34.7 Å². The highest BCUT2D eigenvalue weighted by atomic mass is 35.5. The van der Waals surface area contributed by atoms with Crippen molar-refractivity contribution in [2.24, 2.45) is 0 Å². The van der Waals surface area contributed by atoms with Gasteiger partial charge >= 0.3 is 5.97 Å². The Balaban J connectivity index is 2.08. The highest BCUT2D eigenvalue weighted by Crippen LogP contribution is 2.30. The topological polar surface area (TPSA) is 41.6 Å². The summed E-state index contributed by atoms with van der Waals surface area (Å²) in [7, 11) is 0. The number of nitrogens with one attached hydrogen (secondary N) is 1. The van der Waals surface area contributed by atoms with E-state index in [0.29, 0.717) is 17.3 Å². The van der Waals surface area contributed by atoms with E-state index in [1.807, 2.05) is 0 Å². The summed E-state index contributed by atoms with van der Waals surface area (Å²) in [5.74, 6) is -0.401. The minimum Gasteiger partial charge on any atom is -0.456 e. The number of ether oxygens (including phenoxy) is 1. The number of nitrogens with zero attached hydrogens (tertiary/aromatic N) is 1. The maximum Gasteiger partial charge on any atom is 0.333 e. The Morgan fingerprint density at radius 1 is 1.55 bits per heavy atom. The second kappa shape index (κ2) is 6.06. The Morgan fingerprint density at radius 2 is 2.30 bits per heavy atom. The zero-order valence-electron chi connectivity index (χ0n) is 11.0. The molecule has 0 aromatic rings. The first-order valence-electron chi connectivity index (χ1n) is 6.14. The number of hydrogen-bond donors (Lipinski definition) is 1. The minimum atomic E-state index is -0.818. The van der Waals surface area contributed by atoms with Crippen LogP contribution in [0.25, 0.3) is 0 Å². The maximum absolute atomic E-state index is 12.7. The second-order valence-corrected chi connectivity index (χ2v) is 5.88. The predicted molar refractivity (Wildman–Crippen MR) is 76.0 cm³/mol. The van der Waals surface area contributed by atoms with Crippen LogP contribution in [0.15, 0.2) is 34.7 Å². The lowest BCUT2D eigenvalue weighted by atomic mass is 10.1. The van der Waals surface area contributed by atoms with E-state index in [-0.39, 0.29) is 13.2 Å². The van der Waals surface area contributed by atoms with E-state index >= 15 is 0 Å². The molecule has 1 unspecified atom stereocenters. The molecule has 0 aromatic carbocycles. The molecule has 20 heavy (non-hydrogen) atoms. The smallest absolute Gasteiger partial charge is 0.333 e. The number of esters is 1. The number of dihydropyridines is 1. The quantitative estimate of drug-likeness (QED) is 0.479. The molecular formula is C13H15Cl2FN2O2. The van der Waals surface area contributed by atoms with Gasteiger partial charge in [-0.1, -0.05) is 23.2 Å². The fourth-order valence-electron chi connectivity index (χ4n) is 1.92. The Hall–Kier alpha value is -1.20. The van der Waals surface area contributed by atoms with Gasteiger partial charge in [-0.05, 0) is 18.6 Å². The lowest BCUT2D eigenvalue weighted by molar-refractivity contribution is -0.135. The van der Waals surface area contributed by atoms with Gasteiger partial charge in [0.05, 0.1) is 10.7 Å². The third kappa shape index (κ3) is 3.46. The summed E-state index contributed by atoms with van der Waals surface area (Å²) >= 11 is 12.2. The van der Waals surface area contributed by atoms with Crippen molar-refractivity contribution in [1.82, 2.24) is 10.2 Å². The van der Waals surface area contributed by atoms with Gasteiger partial charge in [0, 0.05) is 25.4 Å². The lowest BCUT2D eigenvalue weighted by Gasteiger charge is -2.30. The maximum atomic E-state index is 12.7. The Kier molecular flexibility index (Phi) is 4.60. The minimum absolute atomic E-state index is 0.171. The Labute approximate surface area is 126 Å². The summed E-state index contributed by atoms with van der Waals surface area (Å²) in [5, 5.41) is 3.43. The first-order chi connectivity index (χ1) is 9.42. The molecule has 2 aliphatic heterocycles. The number of cyclic esters (lactones) is 1. The number of carbonyl (C=O) groups excluding carboxylic acids is 1. The average Bonchev–Trinajstić information content (AvgIpc) is 2.80.